The van der Waals surface area contributed by atoms with Crippen molar-refractivity contribution in [3.63, 3.8) is 0 Å². The Kier molecular flexibility index (Phi) is 3.78. The van der Waals surface area contributed by atoms with E-state index in [0.29, 0.717) is 0 Å². The minimum atomic E-state index is 0.726. The third kappa shape index (κ3) is 2.46. The maximum Gasteiger partial charge on any atom is 0.0124 e. The van der Waals surface area contributed by atoms with Crippen LogP contribution in [0.5, 0.6) is 0 Å². The Morgan fingerprint density at radius 1 is 1.23 bits per heavy atom. The van der Waals surface area contributed by atoms with Gasteiger partial charge in [-0.25, -0.2) is 0 Å². The predicted molar refractivity (Wildman–Crippen MR) is 58.9 cm³/mol. The van der Waals surface area contributed by atoms with Gasteiger partial charge in [0.1, 0.15) is 0 Å². The standard InChI is InChI=1S/C12H25N/c1-6-11-7-12(9(2)3)13(8-11)10(4)5/h9-12H,6-8H2,1-5H3. The summed E-state index contributed by atoms with van der Waals surface area (Å²) >= 11 is 0. The molecule has 0 radical (unpaired) electrons. The van der Waals surface area contributed by atoms with E-state index in [0.717, 1.165) is 23.9 Å². The monoisotopic (exact) mass is 183 g/mol. The second kappa shape index (κ2) is 4.45. The van der Waals surface area contributed by atoms with E-state index in [2.05, 4.69) is 39.5 Å². The molecule has 0 bridgehead atoms. The summed E-state index contributed by atoms with van der Waals surface area (Å²) in [6.45, 7) is 13.0. The van der Waals surface area contributed by atoms with Gasteiger partial charge in [-0.15, -0.1) is 0 Å². The summed E-state index contributed by atoms with van der Waals surface area (Å²) in [4.78, 5) is 2.69. The molecule has 1 aliphatic rings. The van der Waals surface area contributed by atoms with Crippen molar-refractivity contribution >= 4 is 0 Å². The highest BCUT2D eigenvalue weighted by molar-refractivity contribution is 4.88. The van der Waals surface area contributed by atoms with Crippen molar-refractivity contribution in [1.29, 1.82) is 0 Å². The zero-order valence-electron chi connectivity index (χ0n) is 9.88. The van der Waals surface area contributed by atoms with Crippen LogP contribution in [0.3, 0.4) is 0 Å². The van der Waals surface area contributed by atoms with Gasteiger partial charge < -0.3 is 0 Å². The van der Waals surface area contributed by atoms with Gasteiger partial charge in [0.25, 0.3) is 0 Å². The molecule has 2 atom stereocenters. The summed E-state index contributed by atoms with van der Waals surface area (Å²) in [5, 5.41) is 0. The smallest absolute Gasteiger partial charge is 0.0124 e. The Morgan fingerprint density at radius 2 is 1.85 bits per heavy atom. The average molecular weight is 183 g/mol. The molecule has 0 amide bonds. The summed E-state index contributed by atoms with van der Waals surface area (Å²) < 4.78 is 0. The fourth-order valence-electron chi connectivity index (χ4n) is 2.53. The van der Waals surface area contributed by atoms with Crippen molar-refractivity contribution in [2.24, 2.45) is 11.8 Å². The molecule has 1 saturated heterocycles. The number of hydrogen-bond acceptors (Lipinski definition) is 1. The minimum Gasteiger partial charge on any atom is -0.297 e. The summed E-state index contributed by atoms with van der Waals surface area (Å²) in [6, 6.07) is 1.56. The summed E-state index contributed by atoms with van der Waals surface area (Å²) in [5.41, 5.74) is 0. The van der Waals surface area contributed by atoms with Crippen LogP contribution in [0.15, 0.2) is 0 Å². The van der Waals surface area contributed by atoms with E-state index in [9.17, 15) is 0 Å². The Balaban J connectivity index is 2.60. The molecular weight excluding hydrogens is 158 g/mol. The molecule has 0 spiro atoms. The topological polar surface area (TPSA) is 3.24 Å². The molecule has 0 N–H and O–H groups in total. The maximum absolute atomic E-state index is 2.69. The second-order valence-electron chi connectivity index (χ2n) is 5.11. The van der Waals surface area contributed by atoms with Crippen LogP contribution in [0.1, 0.15) is 47.5 Å². The van der Waals surface area contributed by atoms with E-state index in [4.69, 9.17) is 0 Å². The molecule has 0 aromatic carbocycles. The molecular formula is C12H25N. The first-order chi connectivity index (χ1) is 6.06. The molecule has 13 heavy (non-hydrogen) atoms. The zero-order valence-corrected chi connectivity index (χ0v) is 9.88. The van der Waals surface area contributed by atoms with E-state index >= 15 is 0 Å². The molecule has 0 aromatic rings. The lowest BCUT2D eigenvalue weighted by molar-refractivity contribution is 0.164. The Labute approximate surface area is 83.5 Å². The molecule has 0 aromatic heterocycles. The van der Waals surface area contributed by atoms with Crippen LogP contribution in [0.4, 0.5) is 0 Å². The lowest BCUT2D eigenvalue weighted by Gasteiger charge is -2.30. The highest BCUT2D eigenvalue weighted by atomic mass is 15.2. The third-order valence-electron chi connectivity index (χ3n) is 3.48. The number of nitrogens with zero attached hydrogens (tertiary/aromatic N) is 1. The highest BCUT2D eigenvalue weighted by Gasteiger charge is 2.33. The van der Waals surface area contributed by atoms with E-state index in [-0.39, 0.29) is 0 Å². The van der Waals surface area contributed by atoms with Gasteiger partial charge in [-0.2, -0.15) is 0 Å². The van der Waals surface area contributed by atoms with Gasteiger partial charge in [0.15, 0.2) is 0 Å². The van der Waals surface area contributed by atoms with Crippen molar-refractivity contribution in [3.8, 4) is 0 Å². The first-order valence-corrected chi connectivity index (χ1v) is 5.82. The normalized spacial score (nSPS) is 30.7. The van der Waals surface area contributed by atoms with E-state index in [1.807, 2.05) is 0 Å². The molecule has 1 rings (SSSR count). The van der Waals surface area contributed by atoms with Crippen LogP contribution < -0.4 is 0 Å². The Bertz CT molecular complexity index is 135. The molecule has 1 fully saturated rings. The predicted octanol–water partition coefficient (Wildman–Crippen LogP) is 3.15. The van der Waals surface area contributed by atoms with Crippen LogP contribution in [0.25, 0.3) is 0 Å². The van der Waals surface area contributed by atoms with Crippen molar-refractivity contribution in [2.75, 3.05) is 6.54 Å². The highest BCUT2D eigenvalue weighted by Crippen LogP contribution is 2.31. The van der Waals surface area contributed by atoms with Crippen LogP contribution in [0, 0.1) is 11.8 Å². The van der Waals surface area contributed by atoms with Crippen LogP contribution in [-0.4, -0.2) is 23.5 Å². The first kappa shape index (κ1) is 11.0. The average Bonchev–Trinajstić information content (AvgIpc) is 2.47. The van der Waals surface area contributed by atoms with Crippen molar-refractivity contribution in [3.05, 3.63) is 0 Å². The lowest BCUT2D eigenvalue weighted by Crippen LogP contribution is -2.38. The molecule has 1 heteroatoms. The molecule has 1 nitrogen and oxygen atoms in total. The van der Waals surface area contributed by atoms with Gasteiger partial charge in [-0.3, -0.25) is 4.90 Å². The summed E-state index contributed by atoms with van der Waals surface area (Å²) in [6.07, 6.45) is 2.78. The Morgan fingerprint density at radius 3 is 2.15 bits per heavy atom. The molecule has 1 aliphatic heterocycles. The van der Waals surface area contributed by atoms with Gasteiger partial charge in [0, 0.05) is 18.6 Å². The van der Waals surface area contributed by atoms with Crippen molar-refractivity contribution in [1.82, 2.24) is 4.90 Å². The minimum absolute atomic E-state index is 0.726. The number of likely N-dealkylation sites (tertiary alicyclic amines) is 1. The fourth-order valence-corrected chi connectivity index (χ4v) is 2.53. The van der Waals surface area contributed by atoms with Crippen LogP contribution in [-0.2, 0) is 0 Å². The number of hydrogen-bond donors (Lipinski definition) is 0. The SMILES string of the molecule is CCC1CC(C(C)C)N(C(C)C)C1. The van der Waals surface area contributed by atoms with Gasteiger partial charge >= 0.3 is 0 Å². The van der Waals surface area contributed by atoms with Gasteiger partial charge in [0.2, 0.25) is 0 Å². The fraction of sp³-hybridized carbons (Fsp3) is 1.00. The second-order valence-corrected chi connectivity index (χ2v) is 5.11. The summed E-state index contributed by atoms with van der Waals surface area (Å²) in [7, 11) is 0. The zero-order chi connectivity index (χ0) is 10.0. The lowest BCUT2D eigenvalue weighted by atomic mass is 9.96. The molecule has 0 saturated carbocycles. The Hall–Kier alpha value is -0.0400. The van der Waals surface area contributed by atoms with Crippen LogP contribution in [0.2, 0.25) is 0 Å². The van der Waals surface area contributed by atoms with E-state index < -0.39 is 0 Å². The molecule has 0 aliphatic carbocycles. The van der Waals surface area contributed by atoms with Gasteiger partial charge in [0.05, 0.1) is 0 Å². The van der Waals surface area contributed by atoms with E-state index in [1.165, 1.54) is 19.4 Å². The molecule has 78 valence electrons. The van der Waals surface area contributed by atoms with Crippen molar-refractivity contribution in [2.45, 2.75) is 59.5 Å². The van der Waals surface area contributed by atoms with Crippen molar-refractivity contribution < 1.29 is 0 Å². The molecule has 2 unspecified atom stereocenters. The first-order valence-electron chi connectivity index (χ1n) is 5.82. The molecule has 1 heterocycles. The number of rotatable bonds is 3. The largest absolute Gasteiger partial charge is 0.297 e. The maximum atomic E-state index is 2.69. The van der Waals surface area contributed by atoms with E-state index in [1.54, 1.807) is 0 Å². The quantitative estimate of drug-likeness (QED) is 0.649. The van der Waals surface area contributed by atoms with Gasteiger partial charge in [-0.05, 0) is 32.1 Å². The third-order valence-corrected chi connectivity index (χ3v) is 3.48. The van der Waals surface area contributed by atoms with Gasteiger partial charge in [-0.1, -0.05) is 27.2 Å². The van der Waals surface area contributed by atoms with Crippen LogP contribution >= 0.6 is 0 Å². The summed E-state index contributed by atoms with van der Waals surface area (Å²) in [5.74, 6) is 1.77.